The normalized spacial score (nSPS) is 12.1. The molecule has 2 aromatic rings. The number of nitrogens with zero attached hydrogens (tertiary/aromatic N) is 2. The maximum atomic E-state index is 10.9. The highest BCUT2D eigenvalue weighted by Gasteiger charge is 2.11. The summed E-state index contributed by atoms with van der Waals surface area (Å²) in [5.74, 6) is 0.276. The van der Waals surface area contributed by atoms with E-state index in [0.29, 0.717) is 11.0 Å². The molecule has 0 fully saturated rings. The number of hydrogen-bond donors (Lipinski definition) is 1. The van der Waals surface area contributed by atoms with Gasteiger partial charge in [-0.25, -0.2) is 0 Å². The first-order valence-electron chi connectivity index (χ1n) is 5.80. The second-order valence-corrected chi connectivity index (χ2v) is 5.26. The fourth-order valence-corrected chi connectivity index (χ4v) is 2.61. The van der Waals surface area contributed by atoms with Crippen LogP contribution in [0.5, 0.6) is 0 Å². The first-order chi connectivity index (χ1) is 8.65. The fourth-order valence-electron chi connectivity index (χ4n) is 1.70. The van der Waals surface area contributed by atoms with Gasteiger partial charge in [0.15, 0.2) is 0 Å². The zero-order valence-electron chi connectivity index (χ0n) is 10.4. The molecule has 1 aromatic carbocycles. The van der Waals surface area contributed by atoms with Crippen LogP contribution in [0.15, 0.2) is 30.3 Å². The molecule has 4 nitrogen and oxygen atoms in total. The summed E-state index contributed by atoms with van der Waals surface area (Å²) >= 11 is 1.43. The van der Waals surface area contributed by atoms with Gasteiger partial charge in [-0.1, -0.05) is 48.6 Å². The Morgan fingerprint density at radius 3 is 2.72 bits per heavy atom. The summed E-state index contributed by atoms with van der Waals surface area (Å²) in [6.07, 6.45) is 0.835. The maximum absolute atomic E-state index is 10.9. The molecule has 0 saturated carbocycles. The average molecular weight is 261 g/mol. The van der Waals surface area contributed by atoms with Gasteiger partial charge >= 0.3 is 0 Å². The topological polar surface area (TPSA) is 54.9 Å². The van der Waals surface area contributed by atoms with Crippen LogP contribution in [0.4, 0.5) is 5.13 Å². The van der Waals surface area contributed by atoms with E-state index in [1.807, 2.05) is 18.2 Å². The van der Waals surface area contributed by atoms with Gasteiger partial charge in [-0.15, -0.1) is 10.2 Å². The highest BCUT2D eigenvalue weighted by atomic mass is 32.1. The third-order valence-electron chi connectivity index (χ3n) is 2.60. The van der Waals surface area contributed by atoms with Gasteiger partial charge in [-0.05, 0) is 11.5 Å². The minimum atomic E-state index is -0.117. The molecule has 0 spiro atoms. The summed E-state index contributed by atoms with van der Waals surface area (Å²) in [4.78, 5) is 10.9. The molecule has 18 heavy (non-hydrogen) atoms. The van der Waals surface area contributed by atoms with Crippen molar-refractivity contribution in [3.05, 3.63) is 40.9 Å². The minimum Gasteiger partial charge on any atom is -0.301 e. The van der Waals surface area contributed by atoms with E-state index in [4.69, 9.17) is 0 Å². The first-order valence-corrected chi connectivity index (χ1v) is 6.61. The molecular weight excluding hydrogens is 246 g/mol. The lowest BCUT2D eigenvalue weighted by atomic mass is 9.98. The number of carbonyl (C=O) groups excluding carboxylic acids is 1. The summed E-state index contributed by atoms with van der Waals surface area (Å²) in [5, 5.41) is 12.2. The van der Waals surface area contributed by atoms with E-state index in [2.05, 4.69) is 34.6 Å². The number of anilines is 1. The summed E-state index contributed by atoms with van der Waals surface area (Å²) in [6.45, 7) is 3.63. The molecule has 0 radical (unpaired) electrons. The molecular formula is C13H15N3OS. The quantitative estimate of drug-likeness (QED) is 0.920. The standard InChI is InChI=1S/C13H15N3OS/c1-9(11-6-4-3-5-7-11)8-12-15-16-13(18-12)14-10(2)17/h3-7,9H,8H2,1-2H3,(H,14,16,17)/t9-/m0/s1. The highest BCUT2D eigenvalue weighted by molar-refractivity contribution is 7.15. The predicted molar refractivity (Wildman–Crippen MR) is 72.8 cm³/mol. The maximum Gasteiger partial charge on any atom is 0.223 e. The van der Waals surface area contributed by atoms with Crippen molar-refractivity contribution in [2.24, 2.45) is 0 Å². The van der Waals surface area contributed by atoms with Gasteiger partial charge in [0.05, 0.1) is 0 Å². The molecule has 1 heterocycles. The van der Waals surface area contributed by atoms with Crippen LogP contribution in [-0.2, 0) is 11.2 Å². The van der Waals surface area contributed by atoms with Gasteiger partial charge in [0.2, 0.25) is 11.0 Å². The molecule has 0 aliphatic carbocycles. The zero-order valence-corrected chi connectivity index (χ0v) is 11.2. The van der Waals surface area contributed by atoms with Crippen LogP contribution < -0.4 is 5.32 Å². The Bertz CT molecular complexity index is 524. The smallest absolute Gasteiger partial charge is 0.223 e. The lowest BCUT2D eigenvalue weighted by Crippen LogP contribution is -2.04. The summed E-state index contributed by atoms with van der Waals surface area (Å²) < 4.78 is 0. The molecule has 5 heteroatoms. The van der Waals surface area contributed by atoms with E-state index in [9.17, 15) is 4.79 Å². The third-order valence-corrected chi connectivity index (χ3v) is 3.46. The van der Waals surface area contributed by atoms with Crippen LogP contribution in [0.3, 0.4) is 0 Å². The van der Waals surface area contributed by atoms with Crippen molar-refractivity contribution in [3.8, 4) is 0 Å². The highest BCUT2D eigenvalue weighted by Crippen LogP contribution is 2.23. The zero-order chi connectivity index (χ0) is 13.0. The van der Waals surface area contributed by atoms with Crippen LogP contribution in [0.2, 0.25) is 0 Å². The second kappa shape index (κ2) is 5.73. The van der Waals surface area contributed by atoms with Crippen molar-refractivity contribution in [2.45, 2.75) is 26.2 Å². The molecule has 1 atom stereocenters. The molecule has 1 amide bonds. The Morgan fingerprint density at radius 2 is 2.06 bits per heavy atom. The Hall–Kier alpha value is -1.75. The number of rotatable bonds is 4. The monoisotopic (exact) mass is 261 g/mol. The van der Waals surface area contributed by atoms with Crippen LogP contribution in [-0.4, -0.2) is 16.1 Å². The number of benzene rings is 1. The van der Waals surface area contributed by atoms with Crippen molar-refractivity contribution in [3.63, 3.8) is 0 Å². The number of aromatic nitrogens is 2. The van der Waals surface area contributed by atoms with Gasteiger partial charge in [0.1, 0.15) is 5.01 Å². The van der Waals surface area contributed by atoms with E-state index in [1.54, 1.807) is 0 Å². The van der Waals surface area contributed by atoms with Crippen LogP contribution in [0, 0.1) is 0 Å². The number of hydrogen-bond acceptors (Lipinski definition) is 4. The van der Waals surface area contributed by atoms with Crippen molar-refractivity contribution in [2.75, 3.05) is 5.32 Å². The van der Waals surface area contributed by atoms with E-state index < -0.39 is 0 Å². The van der Waals surface area contributed by atoms with E-state index in [1.165, 1.54) is 23.8 Å². The summed E-state index contributed by atoms with van der Waals surface area (Å²) in [5.41, 5.74) is 1.29. The molecule has 2 rings (SSSR count). The van der Waals surface area contributed by atoms with Crippen molar-refractivity contribution in [1.29, 1.82) is 0 Å². The Labute approximate surface area is 110 Å². The van der Waals surface area contributed by atoms with Crippen LogP contribution >= 0.6 is 11.3 Å². The summed E-state index contributed by atoms with van der Waals surface area (Å²) in [7, 11) is 0. The Morgan fingerprint density at radius 1 is 1.33 bits per heavy atom. The van der Waals surface area contributed by atoms with Crippen molar-refractivity contribution in [1.82, 2.24) is 10.2 Å². The molecule has 0 saturated heterocycles. The molecule has 94 valence electrons. The molecule has 1 aromatic heterocycles. The third kappa shape index (κ3) is 3.37. The SMILES string of the molecule is CC(=O)Nc1nnc(C[C@H](C)c2ccccc2)s1. The van der Waals surface area contributed by atoms with Gasteiger partial charge in [0.25, 0.3) is 0 Å². The molecule has 0 aliphatic heterocycles. The van der Waals surface area contributed by atoms with E-state index in [-0.39, 0.29) is 5.91 Å². The average Bonchev–Trinajstić information content (AvgIpc) is 2.76. The lowest BCUT2D eigenvalue weighted by Gasteiger charge is -2.08. The molecule has 0 bridgehead atoms. The number of carbonyl (C=O) groups is 1. The number of nitrogens with one attached hydrogen (secondary N) is 1. The van der Waals surface area contributed by atoms with Gasteiger partial charge in [0, 0.05) is 13.3 Å². The van der Waals surface area contributed by atoms with E-state index in [0.717, 1.165) is 11.4 Å². The number of amides is 1. The van der Waals surface area contributed by atoms with Crippen LogP contribution in [0.25, 0.3) is 0 Å². The predicted octanol–water partition coefficient (Wildman–Crippen LogP) is 2.84. The molecule has 0 aliphatic rings. The van der Waals surface area contributed by atoms with Crippen LogP contribution in [0.1, 0.15) is 30.3 Å². The lowest BCUT2D eigenvalue weighted by molar-refractivity contribution is -0.114. The minimum absolute atomic E-state index is 0.117. The van der Waals surface area contributed by atoms with Gasteiger partial charge in [-0.2, -0.15) is 0 Å². The van der Waals surface area contributed by atoms with E-state index >= 15 is 0 Å². The van der Waals surface area contributed by atoms with Gasteiger partial charge in [-0.3, -0.25) is 4.79 Å². The van der Waals surface area contributed by atoms with Crippen molar-refractivity contribution >= 4 is 22.4 Å². The molecule has 0 unspecified atom stereocenters. The summed E-state index contributed by atoms with van der Waals surface area (Å²) in [6, 6.07) is 10.3. The van der Waals surface area contributed by atoms with Crippen molar-refractivity contribution < 1.29 is 4.79 Å². The van der Waals surface area contributed by atoms with Gasteiger partial charge < -0.3 is 5.32 Å². The Balaban J connectivity index is 2.01. The fraction of sp³-hybridized carbons (Fsp3) is 0.308. The Kier molecular flexibility index (Phi) is 4.04. The largest absolute Gasteiger partial charge is 0.301 e. The second-order valence-electron chi connectivity index (χ2n) is 4.20. The first kappa shape index (κ1) is 12.7. The molecule has 1 N–H and O–H groups in total.